The van der Waals surface area contributed by atoms with Crippen LogP contribution in [-0.4, -0.2) is 38.3 Å². The van der Waals surface area contributed by atoms with Gasteiger partial charge in [-0.25, -0.2) is 9.97 Å². The van der Waals surface area contributed by atoms with Crippen LogP contribution in [0.5, 0.6) is 0 Å². The Bertz CT molecular complexity index is 1380. The minimum Gasteiger partial charge on any atom is -0.373 e. The number of amides is 1. The van der Waals surface area contributed by atoms with Crippen molar-refractivity contribution in [3.05, 3.63) is 75.3 Å². The number of rotatable bonds is 7. The molecule has 0 spiro atoms. The first-order valence-corrected chi connectivity index (χ1v) is 12.6. The maximum atomic E-state index is 12.7. The molecule has 1 unspecified atom stereocenters. The smallest absolute Gasteiger partial charge is 0.230 e. The molecular weight excluding hydrogens is 448 g/mol. The van der Waals surface area contributed by atoms with Crippen LogP contribution in [0.4, 0.5) is 11.5 Å². The lowest BCUT2D eigenvalue weighted by Gasteiger charge is -2.23. The van der Waals surface area contributed by atoms with Crippen LogP contribution in [0.25, 0.3) is 12.3 Å². The number of aromatic nitrogens is 3. The van der Waals surface area contributed by atoms with E-state index in [0.29, 0.717) is 6.04 Å². The van der Waals surface area contributed by atoms with E-state index in [4.69, 9.17) is 4.98 Å². The van der Waals surface area contributed by atoms with Crippen LogP contribution in [0, 0.1) is 20.8 Å². The fourth-order valence-electron chi connectivity index (χ4n) is 4.47. The lowest BCUT2D eigenvalue weighted by Crippen LogP contribution is -2.34. The molecule has 36 heavy (non-hydrogen) atoms. The second-order valence-electron chi connectivity index (χ2n) is 9.64. The Morgan fingerprint density at radius 2 is 1.89 bits per heavy atom. The van der Waals surface area contributed by atoms with Crippen LogP contribution >= 0.6 is 0 Å². The molecule has 7 heteroatoms. The molecule has 0 aliphatic carbocycles. The van der Waals surface area contributed by atoms with Crippen molar-refractivity contribution in [2.75, 3.05) is 17.2 Å². The zero-order chi connectivity index (χ0) is 25.8. The first-order chi connectivity index (χ1) is 17.2. The summed E-state index contributed by atoms with van der Waals surface area (Å²) in [5.41, 5.74) is 5.84. The van der Waals surface area contributed by atoms with Gasteiger partial charge in [-0.05, 0) is 82.9 Å². The van der Waals surface area contributed by atoms with E-state index in [1.165, 1.54) is 0 Å². The van der Waals surface area contributed by atoms with Gasteiger partial charge in [-0.1, -0.05) is 18.2 Å². The van der Waals surface area contributed by atoms with E-state index in [9.17, 15) is 4.79 Å². The molecule has 2 atom stereocenters. The average molecular weight is 485 g/mol. The van der Waals surface area contributed by atoms with Crippen LogP contribution in [0.3, 0.4) is 0 Å². The minimum atomic E-state index is -0.0834. The van der Waals surface area contributed by atoms with Gasteiger partial charge in [0.2, 0.25) is 5.91 Å². The highest BCUT2D eigenvalue weighted by molar-refractivity contribution is 5.92. The number of carbonyl (C=O) groups is 1. The molecule has 0 saturated heterocycles. The Morgan fingerprint density at radius 3 is 2.64 bits per heavy atom. The summed E-state index contributed by atoms with van der Waals surface area (Å²) in [6, 6.07) is 10.3. The van der Waals surface area contributed by atoms with Crippen LogP contribution in [0.2, 0.25) is 0 Å². The van der Waals surface area contributed by atoms with Crippen LogP contribution in [0.15, 0.2) is 36.5 Å². The largest absolute Gasteiger partial charge is 0.373 e. The van der Waals surface area contributed by atoms with E-state index in [2.05, 4.69) is 65.5 Å². The molecule has 0 saturated carbocycles. The lowest BCUT2D eigenvalue weighted by molar-refractivity contribution is -0.115. The zero-order valence-electron chi connectivity index (χ0n) is 22.1. The average Bonchev–Trinajstić information content (AvgIpc) is 3.00. The minimum absolute atomic E-state index is 0.0172. The van der Waals surface area contributed by atoms with Crippen molar-refractivity contribution in [3.8, 4) is 0 Å². The van der Waals surface area contributed by atoms with Crippen molar-refractivity contribution in [2.45, 2.75) is 66.5 Å². The molecule has 7 nitrogen and oxygen atoms in total. The van der Waals surface area contributed by atoms with Crippen molar-refractivity contribution >= 4 is 29.7 Å². The summed E-state index contributed by atoms with van der Waals surface area (Å²) in [6.45, 7) is 13.5. The maximum Gasteiger partial charge on any atom is 0.230 e. The zero-order valence-corrected chi connectivity index (χ0v) is 22.1. The number of hydrogen-bond acceptors (Lipinski definition) is 6. The van der Waals surface area contributed by atoms with Gasteiger partial charge in [0.05, 0.1) is 24.0 Å². The highest BCUT2D eigenvalue weighted by atomic mass is 16.1. The Morgan fingerprint density at radius 1 is 1.11 bits per heavy atom. The van der Waals surface area contributed by atoms with Crippen LogP contribution in [-0.2, 0) is 11.2 Å². The summed E-state index contributed by atoms with van der Waals surface area (Å²) in [5.74, 6) is 0.651. The molecule has 2 N–H and O–H groups in total. The summed E-state index contributed by atoms with van der Waals surface area (Å²) in [5, 5.41) is 8.33. The predicted molar refractivity (Wildman–Crippen MR) is 146 cm³/mol. The Labute approximate surface area is 213 Å². The van der Waals surface area contributed by atoms with Gasteiger partial charge in [0.1, 0.15) is 11.2 Å². The normalized spacial score (nSPS) is 15.7. The molecule has 1 amide bonds. The SMILES string of the molecule is CCN1C=c2ncc(N[C@@H](C)c3cc(NC(=O)Cc4ccc(C)c(C)n4)ccc3C)nc2=CCC1C. The third-order valence-corrected chi connectivity index (χ3v) is 6.84. The monoisotopic (exact) mass is 484 g/mol. The third kappa shape index (κ3) is 5.90. The number of pyridine rings is 1. The quantitative estimate of drug-likeness (QED) is 0.531. The highest BCUT2D eigenvalue weighted by Crippen LogP contribution is 2.24. The number of hydrogen-bond donors (Lipinski definition) is 2. The maximum absolute atomic E-state index is 12.7. The molecule has 0 fully saturated rings. The summed E-state index contributed by atoms with van der Waals surface area (Å²) < 4.78 is 0. The van der Waals surface area contributed by atoms with Crippen molar-refractivity contribution < 1.29 is 4.79 Å². The van der Waals surface area contributed by atoms with Gasteiger partial charge in [-0.15, -0.1) is 0 Å². The Hall–Kier alpha value is -3.74. The molecule has 3 aromatic rings. The van der Waals surface area contributed by atoms with E-state index in [-0.39, 0.29) is 18.4 Å². The number of anilines is 2. The standard InChI is InChI=1S/C29H36N6O/c1-7-35-17-27-26(13-10-20(35)4)34-28(16-30-27)32-22(6)25-14-23(12-9-19(25)3)33-29(36)15-24-11-8-18(2)21(5)31-24/h8-9,11-14,16-17,20,22H,7,10,15H2,1-6H3,(H,32,34)(H,33,36)/t20?,22-/m0/s1. The number of benzene rings is 1. The number of nitrogens with one attached hydrogen (secondary N) is 2. The van der Waals surface area contributed by atoms with Crippen LogP contribution < -0.4 is 21.3 Å². The molecule has 1 aliphatic rings. The summed E-state index contributed by atoms with van der Waals surface area (Å²) in [6.07, 6.45) is 7.24. The van der Waals surface area contributed by atoms with Gasteiger partial charge in [0, 0.05) is 35.9 Å². The first-order valence-electron chi connectivity index (χ1n) is 12.6. The lowest BCUT2D eigenvalue weighted by atomic mass is 10.0. The molecule has 188 valence electrons. The number of fused-ring (bicyclic) bond motifs is 1. The van der Waals surface area contributed by atoms with Gasteiger partial charge >= 0.3 is 0 Å². The van der Waals surface area contributed by atoms with E-state index >= 15 is 0 Å². The Balaban J connectivity index is 1.48. The molecule has 1 aliphatic heterocycles. The van der Waals surface area contributed by atoms with Gasteiger partial charge < -0.3 is 15.5 Å². The Kier molecular flexibility index (Phi) is 7.67. The van der Waals surface area contributed by atoms with Gasteiger partial charge in [0.15, 0.2) is 0 Å². The van der Waals surface area contributed by atoms with Crippen LogP contribution in [0.1, 0.15) is 61.3 Å². The van der Waals surface area contributed by atoms with E-state index in [1.54, 1.807) is 6.20 Å². The van der Waals surface area contributed by atoms with Gasteiger partial charge in [-0.3, -0.25) is 9.78 Å². The number of aryl methyl sites for hydroxylation is 3. The highest BCUT2D eigenvalue weighted by Gasteiger charge is 2.14. The van der Waals surface area contributed by atoms with E-state index in [0.717, 1.165) is 63.2 Å². The fraction of sp³-hybridized carbons (Fsp3) is 0.379. The molecule has 0 radical (unpaired) electrons. The van der Waals surface area contributed by atoms with Crippen molar-refractivity contribution in [3.63, 3.8) is 0 Å². The molecule has 4 rings (SSSR count). The van der Waals surface area contributed by atoms with Gasteiger partial charge in [0.25, 0.3) is 0 Å². The summed E-state index contributed by atoms with van der Waals surface area (Å²) in [4.78, 5) is 29.0. The molecular formula is C29H36N6O. The fourth-order valence-corrected chi connectivity index (χ4v) is 4.47. The molecule has 3 heterocycles. The number of carbonyl (C=O) groups excluding carboxylic acids is 1. The number of nitrogens with zero attached hydrogens (tertiary/aromatic N) is 4. The summed E-state index contributed by atoms with van der Waals surface area (Å²) in [7, 11) is 0. The second-order valence-corrected chi connectivity index (χ2v) is 9.64. The molecule has 0 bridgehead atoms. The third-order valence-electron chi connectivity index (χ3n) is 6.84. The molecule has 2 aromatic heterocycles. The molecule has 1 aromatic carbocycles. The van der Waals surface area contributed by atoms with E-state index in [1.807, 2.05) is 44.2 Å². The second kappa shape index (κ2) is 10.9. The predicted octanol–water partition coefficient (Wildman–Crippen LogP) is 3.78. The summed E-state index contributed by atoms with van der Waals surface area (Å²) >= 11 is 0. The van der Waals surface area contributed by atoms with Crippen molar-refractivity contribution in [1.29, 1.82) is 0 Å². The topological polar surface area (TPSA) is 83.0 Å². The van der Waals surface area contributed by atoms with Crippen molar-refractivity contribution in [1.82, 2.24) is 19.9 Å². The van der Waals surface area contributed by atoms with Crippen molar-refractivity contribution in [2.24, 2.45) is 0 Å². The van der Waals surface area contributed by atoms with E-state index < -0.39 is 0 Å². The first kappa shape index (κ1) is 25.4. The van der Waals surface area contributed by atoms with Gasteiger partial charge in [-0.2, -0.15) is 0 Å².